The molecule has 1 unspecified atom stereocenters. The molecule has 1 fully saturated rings. The highest BCUT2D eigenvalue weighted by Crippen LogP contribution is 2.40. The third kappa shape index (κ3) is 3.92. The summed E-state index contributed by atoms with van der Waals surface area (Å²) in [6.07, 6.45) is 7.72. The van der Waals surface area contributed by atoms with E-state index in [4.69, 9.17) is 4.74 Å². The van der Waals surface area contributed by atoms with Gasteiger partial charge in [0.15, 0.2) is 5.76 Å². The van der Waals surface area contributed by atoms with E-state index in [0.717, 1.165) is 5.56 Å². The van der Waals surface area contributed by atoms with Crippen molar-refractivity contribution in [1.82, 2.24) is 23.8 Å². The molecule has 1 N–H and O–H groups in total. The van der Waals surface area contributed by atoms with Crippen LogP contribution in [0, 0.1) is 13.8 Å². The highest BCUT2D eigenvalue weighted by atomic mass is 16.5. The summed E-state index contributed by atoms with van der Waals surface area (Å²) in [4.78, 5) is 36.8. The average molecular weight is 486 g/mol. The first kappa shape index (κ1) is 23.3. The SMILES string of the molecule is COc1cccc(C2C(=C(O)c3nc4c(C)cccn4c3C)C(=O)C(=O)N2CCCn2ccnc2)c1. The van der Waals surface area contributed by atoms with Crippen molar-refractivity contribution in [1.29, 1.82) is 0 Å². The van der Waals surface area contributed by atoms with Gasteiger partial charge in [-0.3, -0.25) is 9.59 Å². The molecule has 0 radical (unpaired) electrons. The number of carbonyl (C=O) groups excluding carboxylic acids is 2. The van der Waals surface area contributed by atoms with E-state index >= 15 is 0 Å². The number of aliphatic hydroxyl groups excluding tert-OH is 1. The van der Waals surface area contributed by atoms with Gasteiger partial charge < -0.3 is 23.7 Å². The first-order chi connectivity index (χ1) is 17.4. The number of nitrogens with zero attached hydrogens (tertiary/aromatic N) is 5. The number of carbonyl (C=O) groups is 2. The molecule has 184 valence electrons. The van der Waals surface area contributed by atoms with Gasteiger partial charge in [-0.1, -0.05) is 18.2 Å². The summed E-state index contributed by atoms with van der Waals surface area (Å²) < 4.78 is 9.18. The van der Waals surface area contributed by atoms with Crippen LogP contribution < -0.4 is 4.74 Å². The topological polar surface area (TPSA) is 102 Å². The number of aromatic nitrogens is 4. The fourth-order valence-electron chi connectivity index (χ4n) is 4.79. The van der Waals surface area contributed by atoms with Crippen LogP contribution in [0.3, 0.4) is 0 Å². The molecule has 1 saturated heterocycles. The number of Topliss-reactive ketones (excluding diaryl/α,β-unsaturated/α-hetero) is 1. The second-order valence-corrected chi connectivity index (χ2v) is 8.85. The van der Waals surface area contributed by atoms with Crippen molar-refractivity contribution < 1.29 is 19.4 Å². The minimum absolute atomic E-state index is 0.0278. The van der Waals surface area contributed by atoms with Gasteiger partial charge in [-0.15, -0.1) is 0 Å². The summed E-state index contributed by atoms with van der Waals surface area (Å²) in [7, 11) is 1.56. The van der Waals surface area contributed by atoms with Gasteiger partial charge >= 0.3 is 0 Å². The number of amides is 1. The highest BCUT2D eigenvalue weighted by Gasteiger charge is 2.46. The standard InChI is InChI=1S/C27H27N5O4/c1-17-7-5-12-31-18(2)22(29-26(17)31)24(33)21-23(19-8-4-9-20(15-19)36-3)32(27(35)25(21)34)13-6-11-30-14-10-28-16-30/h4-5,7-10,12,14-16,23,33H,6,11,13H2,1-3H3. The molecule has 1 aliphatic rings. The van der Waals surface area contributed by atoms with E-state index < -0.39 is 17.7 Å². The molecule has 1 amide bonds. The van der Waals surface area contributed by atoms with Gasteiger partial charge in [-0.25, -0.2) is 9.97 Å². The third-order valence-corrected chi connectivity index (χ3v) is 6.63. The van der Waals surface area contributed by atoms with Crippen LogP contribution in [0.5, 0.6) is 5.75 Å². The number of aliphatic hydroxyl groups is 1. The van der Waals surface area contributed by atoms with E-state index in [2.05, 4.69) is 9.97 Å². The Balaban J connectivity index is 1.61. The molecule has 5 rings (SSSR count). The molecular weight excluding hydrogens is 458 g/mol. The fourth-order valence-corrected chi connectivity index (χ4v) is 4.79. The van der Waals surface area contributed by atoms with Gasteiger partial charge in [0.05, 0.1) is 30.7 Å². The van der Waals surface area contributed by atoms with Crippen molar-refractivity contribution in [2.75, 3.05) is 13.7 Å². The van der Waals surface area contributed by atoms with Crippen molar-refractivity contribution in [2.24, 2.45) is 0 Å². The lowest BCUT2D eigenvalue weighted by Crippen LogP contribution is -2.31. The first-order valence-corrected chi connectivity index (χ1v) is 11.7. The van der Waals surface area contributed by atoms with Gasteiger partial charge in [-0.05, 0) is 49.6 Å². The lowest BCUT2D eigenvalue weighted by atomic mass is 9.96. The molecule has 1 aromatic carbocycles. The zero-order valence-corrected chi connectivity index (χ0v) is 20.4. The lowest BCUT2D eigenvalue weighted by Gasteiger charge is -2.25. The van der Waals surface area contributed by atoms with Crippen LogP contribution in [-0.2, 0) is 16.1 Å². The van der Waals surface area contributed by atoms with Crippen molar-refractivity contribution >= 4 is 23.1 Å². The number of fused-ring (bicyclic) bond motifs is 1. The van der Waals surface area contributed by atoms with Crippen LogP contribution in [0.1, 0.15) is 35.0 Å². The van der Waals surface area contributed by atoms with E-state index in [1.54, 1.807) is 37.8 Å². The van der Waals surface area contributed by atoms with Crippen LogP contribution in [0.25, 0.3) is 11.4 Å². The molecular formula is C27H27N5O4. The van der Waals surface area contributed by atoms with Crippen molar-refractivity contribution in [3.05, 3.63) is 89.4 Å². The fraction of sp³-hybridized carbons (Fsp3) is 0.259. The summed E-state index contributed by atoms with van der Waals surface area (Å²) in [6, 6.07) is 10.3. The first-order valence-electron chi connectivity index (χ1n) is 11.7. The van der Waals surface area contributed by atoms with Crippen LogP contribution in [0.4, 0.5) is 0 Å². The van der Waals surface area contributed by atoms with Gasteiger partial charge in [0, 0.05) is 31.7 Å². The molecule has 3 aromatic heterocycles. The number of hydrogen-bond acceptors (Lipinski definition) is 6. The molecule has 9 nitrogen and oxygen atoms in total. The molecule has 0 saturated carbocycles. The third-order valence-electron chi connectivity index (χ3n) is 6.63. The second-order valence-electron chi connectivity index (χ2n) is 8.85. The number of aryl methyl sites for hydroxylation is 3. The Bertz CT molecular complexity index is 1490. The van der Waals surface area contributed by atoms with Crippen LogP contribution in [-0.4, -0.2) is 54.3 Å². The van der Waals surface area contributed by atoms with Crippen molar-refractivity contribution in [2.45, 2.75) is 32.9 Å². The number of ether oxygens (including phenoxy) is 1. The number of hydrogen-bond donors (Lipinski definition) is 1. The average Bonchev–Trinajstić information content (AvgIpc) is 3.58. The Morgan fingerprint density at radius 2 is 1.94 bits per heavy atom. The van der Waals surface area contributed by atoms with Crippen LogP contribution in [0.15, 0.2) is 66.9 Å². The quantitative estimate of drug-likeness (QED) is 0.244. The van der Waals surface area contributed by atoms with Gasteiger partial charge in [0.2, 0.25) is 0 Å². The number of imidazole rings is 2. The molecule has 4 heterocycles. The minimum atomic E-state index is -0.770. The number of rotatable bonds is 7. The van der Waals surface area contributed by atoms with E-state index in [0.29, 0.717) is 42.2 Å². The summed E-state index contributed by atoms with van der Waals surface area (Å²) in [5, 5.41) is 11.5. The monoisotopic (exact) mass is 485 g/mol. The summed E-state index contributed by atoms with van der Waals surface area (Å²) in [5.41, 5.74) is 3.29. The molecule has 1 atom stereocenters. The maximum Gasteiger partial charge on any atom is 0.295 e. The van der Waals surface area contributed by atoms with E-state index in [9.17, 15) is 14.7 Å². The van der Waals surface area contributed by atoms with Crippen LogP contribution >= 0.6 is 0 Å². The maximum atomic E-state index is 13.4. The Labute approximate surface area is 208 Å². The lowest BCUT2D eigenvalue weighted by molar-refractivity contribution is -0.139. The molecule has 0 spiro atoms. The smallest absolute Gasteiger partial charge is 0.295 e. The highest BCUT2D eigenvalue weighted by molar-refractivity contribution is 6.46. The minimum Gasteiger partial charge on any atom is -0.505 e. The normalized spacial score (nSPS) is 17.3. The molecule has 0 bridgehead atoms. The molecule has 4 aromatic rings. The van der Waals surface area contributed by atoms with E-state index in [1.165, 1.54) is 4.90 Å². The number of pyridine rings is 1. The van der Waals surface area contributed by atoms with Gasteiger partial charge in [-0.2, -0.15) is 0 Å². The maximum absolute atomic E-state index is 13.4. The summed E-state index contributed by atoms with van der Waals surface area (Å²) in [6.45, 7) is 4.72. The predicted octanol–water partition coefficient (Wildman–Crippen LogP) is 3.67. The number of benzene rings is 1. The molecule has 9 heteroatoms. The van der Waals surface area contributed by atoms with Crippen LogP contribution in [0.2, 0.25) is 0 Å². The van der Waals surface area contributed by atoms with Crippen molar-refractivity contribution in [3.63, 3.8) is 0 Å². The molecule has 36 heavy (non-hydrogen) atoms. The predicted molar refractivity (Wildman–Crippen MR) is 134 cm³/mol. The Hall–Kier alpha value is -4.40. The second kappa shape index (κ2) is 9.33. The summed E-state index contributed by atoms with van der Waals surface area (Å²) in [5.74, 6) is -1.06. The number of ketones is 1. The summed E-state index contributed by atoms with van der Waals surface area (Å²) >= 11 is 0. The Morgan fingerprint density at radius 3 is 2.67 bits per heavy atom. The molecule has 1 aliphatic heterocycles. The Kier molecular flexibility index (Phi) is 6.05. The van der Waals surface area contributed by atoms with E-state index in [1.807, 2.05) is 53.4 Å². The van der Waals surface area contributed by atoms with Gasteiger partial charge in [0.25, 0.3) is 11.7 Å². The van der Waals surface area contributed by atoms with Gasteiger partial charge in [0.1, 0.15) is 17.1 Å². The van der Waals surface area contributed by atoms with Crippen molar-refractivity contribution in [3.8, 4) is 5.75 Å². The molecule has 0 aliphatic carbocycles. The zero-order valence-electron chi connectivity index (χ0n) is 20.4. The number of likely N-dealkylation sites (tertiary alicyclic amines) is 1. The largest absolute Gasteiger partial charge is 0.505 e. The number of methoxy groups -OCH3 is 1. The Morgan fingerprint density at radius 1 is 1.11 bits per heavy atom. The zero-order chi connectivity index (χ0) is 25.4. The van der Waals surface area contributed by atoms with E-state index in [-0.39, 0.29) is 17.0 Å².